The molecule has 4 nitrogen and oxygen atoms in total. The number of nitrogens with zero attached hydrogens (tertiary/aromatic N) is 1. The maximum atomic E-state index is 13.6. The first kappa shape index (κ1) is 20.9. The van der Waals surface area contributed by atoms with Gasteiger partial charge in [0.25, 0.3) is 5.91 Å². The fraction of sp³-hybridized carbons (Fsp3) is 0.440. The van der Waals surface area contributed by atoms with Crippen LogP contribution in [0.3, 0.4) is 0 Å². The van der Waals surface area contributed by atoms with Crippen molar-refractivity contribution in [2.45, 2.75) is 63.5 Å². The van der Waals surface area contributed by atoms with E-state index in [1.54, 1.807) is 0 Å². The minimum Gasteiger partial charge on any atom is -0.351 e. The number of benzene rings is 2. The van der Waals surface area contributed by atoms with Gasteiger partial charge in [0.1, 0.15) is 0 Å². The molecule has 1 aliphatic heterocycles. The minimum absolute atomic E-state index is 0.00768. The van der Waals surface area contributed by atoms with E-state index in [1.165, 1.54) is 0 Å². The zero-order valence-corrected chi connectivity index (χ0v) is 18.3. The van der Waals surface area contributed by atoms with Crippen LogP contribution in [0.1, 0.15) is 72.9 Å². The second-order valence-electron chi connectivity index (χ2n) is 8.49. The van der Waals surface area contributed by atoms with Crippen LogP contribution in [0.25, 0.3) is 0 Å². The Bertz CT molecular complexity index is 919. The van der Waals surface area contributed by atoms with E-state index >= 15 is 0 Å². The predicted molar refractivity (Wildman–Crippen MR) is 120 cm³/mol. The van der Waals surface area contributed by atoms with Crippen LogP contribution in [0.2, 0.25) is 5.02 Å². The van der Waals surface area contributed by atoms with Crippen molar-refractivity contribution in [3.63, 3.8) is 0 Å². The van der Waals surface area contributed by atoms with Crippen LogP contribution in [-0.4, -0.2) is 28.8 Å². The summed E-state index contributed by atoms with van der Waals surface area (Å²) in [5.74, 6) is -0.242. The molecule has 4 rings (SSSR count). The third-order valence-electron chi connectivity index (χ3n) is 6.67. The highest BCUT2D eigenvalue weighted by molar-refractivity contribution is 6.30. The largest absolute Gasteiger partial charge is 0.351 e. The molecule has 1 spiro atoms. The summed E-state index contributed by atoms with van der Waals surface area (Å²) in [6, 6.07) is 15.2. The van der Waals surface area contributed by atoms with Crippen molar-refractivity contribution >= 4 is 23.4 Å². The number of carbonyl (C=O) groups is 2. The Balaban J connectivity index is 1.68. The summed E-state index contributed by atoms with van der Waals surface area (Å²) >= 11 is 5.98. The summed E-state index contributed by atoms with van der Waals surface area (Å²) in [4.78, 5) is 29.1. The number of halogens is 1. The first-order chi connectivity index (χ1) is 14.6. The summed E-state index contributed by atoms with van der Waals surface area (Å²) in [6.07, 6.45) is 5.85. The van der Waals surface area contributed by atoms with Gasteiger partial charge in [0, 0.05) is 23.7 Å². The lowest BCUT2D eigenvalue weighted by Gasteiger charge is -2.50. The van der Waals surface area contributed by atoms with Gasteiger partial charge in [-0.3, -0.25) is 9.59 Å². The molecule has 0 radical (unpaired) electrons. The van der Waals surface area contributed by atoms with Crippen LogP contribution in [0.4, 0.5) is 0 Å². The standard InChI is InChI=1S/C25H29ClN2O2/c1-2-3-16-28-24(30)21-9-5-4-8-20(21)22(25(28)14-6-7-15-25)23(29)27-17-18-10-12-19(26)13-11-18/h4-5,8-13,22H,2-3,6-7,14-17H2,1H3,(H,27,29). The SMILES string of the molecule is CCCCN1C(=O)c2ccccc2C(C(=O)NCc2ccc(Cl)cc2)C12CCCC2. The molecule has 0 aromatic heterocycles. The summed E-state index contributed by atoms with van der Waals surface area (Å²) in [6.45, 7) is 3.30. The van der Waals surface area contributed by atoms with Crippen molar-refractivity contribution in [1.29, 1.82) is 0 Å². The zero-order valence-electron chi connectivity index (χ0n) is 17.5. The van der Waals surface area contributed by atoms with Gasteiger partial charge < -0.3 is 10.2 Å². The molecule has 0 bridgehead atoms. The smallest absolute Gasteiger partial charge is 0.254 e. The highest BCUT2D eigenvalue weighted by atomic mass is 35.5. The monoisotopic (exact) mass is 424 g/mol. The Hall–Kier alpha value is -2.33. The highest BCUT2D eigenvalue weighted by Gasteiger charge is 2.55. The van der Waals surface area contributed by atoms with E-state index in [9.17, 15) is 9.59 Å². The number of nitrogens with one attached hydrogen (secondary N) is 1. The summed E-state index contributed by atoms with van der Waals surface area (Å²) < 4.78 is 0. The summed E-state index contributed by atoms with van der Waals surface area (Å²) in [5, 5.41) is 3.83. The maximum absolute atomic E-state index is 13.6. The van der Waals surface area contributed by atoms with Crippen LogP contribution < -0.4 is 5.32 Å². The molecule has 2 aromatic rings. The Labute approximate surface area is 183 Å². The molecule has 1 saturated carbocycles. The lowest BCUT2D eigenvalue weighted by atomic mass is 9.71. The van der Waals surface area contributed by atoms with Crippen LogP contribution in [0.5, 0.6) is 0 Å². The van der Waals surface area contributed by atoms with Gasteiger partial charge >= 0.3 is 0 Å². The highest BCUT2D eigenvalue weighted by Crippen LogP contribution is 2.50. The Morgan fingerprint density at radius 2 is 1.83 bits per heavy atom. The molecular weight excluding hydrogens is 396 g/mol. The molecule has 30 heavy (non-hydrogen) atoms. The van der Waals surface area contributed by atoms with Crippen molar-refractivity contribution in [3.05, 3.63) is 70.2 Å². The molecule has 158 valence electrons. The number of rotatable bonds is 6. The maximum Gasteiger partial charge on any atom is 0.254 e. The average Bonchev–Trinajstić information content (AvgIpc) is 3.23. The number of amides is 2. The number of unbranched alkanes of at least 4 members (excludes halogenated alkanes) is 1. The Kier molecular flexibility index (Phi) is 6.14. The third-order valence-corrected chi connectivity index (χ3v) is 6.92. The molecule has 1 N–H and O–H groups in total. The van der Waals surface area contributed by atoms with Gasteiger partial charge in [-0.1, -0.05) is 68.1 Å². The van der Waals surface area contributed by atoms with E-state index in [1.807, 2.05) is 53.4 Å². The minimum atomic E-state index is -0.412. The molecule has 2 aromatic carbocycles. The van der Waals surface area contributed by atoms with Gasteiger partial charge in [0.15, 0.2) is 0 Å². The van der Waals surface area contributed by atoms with Gasteiger partial charge in [-0.25, -0.2) is 0 Å². The van der Waals surface area contributed by atoms with Crippen molar-refractivity contribution < 1.29 is 9.59 Å². The molecule has 2 aliphatic rings. The molecule has 5 heteroatoms. The Morgan fingerprint density at radius 3 is 2.53 bits per heavy atom. The van der Waals surface area contributed by atoms with Gasteiger partial charge in [0.2, 0.25) is 5.91 Å². The molecule has 0 saturated heterocycles. The van der Waals surface area contributed by atoms with E-state index in [0.717, 1.165) is 49.7 Å². The van der Waals surface area contributed by atoms with E-state index in [4.69, 9.17) is 11.6 Å². The Morgan fingerprint density at radius 1 is 1.13 bits per heavy atom. The number of carbonyl (C=O) groups excluding carboxylic acids is 2. The lowest BCUT2D eigenvalue weighted by molar-refractivity contribution is -0.126. The van der Waals surface area contributed by atoms with Gasteiger partial charge in [0.05, 0.1) is 11.5 Å². The van der Waals surface area contributed by atoms with E-state index in [-0.39, 0.29) is 17.7 Å². The van der Waals surface area contributed by atoms with Crippen molar-refractivity contribution in [1.82, 2.24) is 10.2 Å². The number of hydrogen-bond donors (Lipinski definition) is 1. The van der Waals surface area contributed by atoms with Crippen LogP contribution in [0.15, 0.2) is 48.5 Å². The fourth-order valence-electron chi connectivity index (χ4n) is 5.20. The zero-order chi connectivity index (χ0) is 21.1. The molecule has 1 unspecified atom stereocenters. The predicted octanol–water partition coefficient (Wildman–Crippen LogP) is 5.31. The molecule has 2 amide bonds. The molecule has 1 aliphatic carbocycles. The van der Waals surface area contributed by atoms with E-state index < -0.39 is 5.54 Å². The number of fused-ring (bicyclic) bond motifs is 1. The fourth-order valence-corrected chi connectivity index (χ4v) is 5.33. The third kappa shape index (κ3) is 3.74. The van der Waals surface area contributed by atoms with Gasteiger partial charge in [-0.05, 0) is 48.6 Å². The van der Waals surface area contributed by atoms with Crippen molar-refractivity contribution in [2.75, 3.05) is 6.54 Å². The molecule has 1 atom stereocenters. The van der Waals surface area contributed by atoms with E-state index in [2.05, 4.69) is 12.2 Å². The normalized spacial score (nSPS) is 19.7. The van der Waals surface area contributed by atoms with Crippen LogP contribution >= 0.6 is 11.6 Å². The first-order valence-corrected chi connectivity index (χ1v) is 11.4. The van der Waals surface area contributed by atoms with Gasteiger partial charge in [-0.15, -0.1) is 0 Å². The lowest BCUT2D eigenvalue weighted by Crippen LogP contribution is -2.60. The second-order valence-corrected chi connectivity index (χ2v) is 8.92. The van der Waals surface area contributed by atoms with Crippen LogP contribution in [0, 0.1) is 0 Å². The topological polar surface area (TPSA) is 49.4 Å². The number of hydrogen-bond acceptors (Lipinski definition) is 2. The average molecular weight is 425 g/mol. The molecule has 1 fully saturated rings. The van der Waals surface area contributed by atoms with Crippen LogP contribution in [-0.2, 0) is 11.3 Å². The summed E-state index contributed by atoms with van der Waals surface area (Å²) in [7, 11) is 0. The quantitative estimate of drug-likeness (QED) is 0.683. The van der Waals surface area contributed by atoms with Gasteiger partial charge in [-0.2, -0.15) is 0 Å². The second kappa shape index (κ2) is 8.81. The molecular formula is C25H29ClN2O2. The first-order valence-electron chi connectivity index (χ1n) is 11.0. The van der Waals surface area contributed by atoms with Crippen molar-refractivity contribution in [3.8, 4) is 0 Å². The molecule has 1 heterocycles. The van der Waals surface area contributed by atoms with Crippen molar-refractivity contribution in [2.24, 2.45) is 0 Å². The van der Waals surface area contributed by atoms with E-state index in [0.29, 0.717) is 23.7 Å². The summed E-state index contributed by atoms with van der Waals surface area (Å²) in [5.41, 5.74) is 2.16.